The fourth-order valence-electron chi connectivity index (χ4n) is 3.47. The Balaban J connectivity index is 0.00000364. The molecule has 2 unspecified atom stereocenters. The number of methoxy groups -OCH3 is 1. The van der Waals surface area contributed by atoms with E-state index in [1.165, 1.54) is 19.3 Å². The number of aliphatic imine (C=N–C) groups is 1. The van der Waals surface area contributed by atoms with Gasteiger partial charge in [0.15, 0.2) is 5.96 Å². The summed E-state index contributed by atoms with van der Waals surface area (Å²) >= 11 is 0. The predicted molar refractivity (Wildman–Crippen MR) is 122 cm³/mol. The summed E-state index contributed by atoms with van der Waals surface area (Å²) in [4.78, 5) is 6.87. The smallest absolute Gasteiger partial charge is 0.191 e. The molecule has 1 aliphatic rings. The monoisotopic (exact) mass is 492 g/mol. The first kappa shape index (κ1) is 24.2. The highest BCUT2D eigenvalue weighted by molar-refractivity contribution is 14.0. The van der Waals surface area contributed by atoms with Crippen molar-refractivity contribution in [3.8, 4) is 0 Å². The van der Waals surface area contributed by atoms with Gasteiger partial charge >= 0.3 is 0 Å². The minimum absolute atomic E-state index is 0. The lowest BCUT2D eigenvalue weighted by atomic mass is 9.89. The lowest BCUT2D eigenvalue weighted by Gasteiger charge is -2.34. The first-order chi connectivity index (χ1) is 12.5. The quantitative estimate of drug-likeness (QED) is 0.346. The SMILES string of the molecule is CN=C(NCC(c1ccco1)N1CCCCC1)NCC(OC)C(C)(C)C.I. The molecule has 2 heterocycles. The van der Waals surface area contributed by atoms with E-state index in [-0.39, 0.29) is 41.5 Å². The van der Waals surface area contributed by atoms with E-state index in [1.807, 2.05) is 6.07 Å². The number of hydrogen-bond donors (Lipinski definition) is 2. The van der Waals surface area contributed by atoms with Crippen molar-refractivity contribution >= 4 is 29.9 Å². The number of guanidine groups is 1. The Morgan fingerprint density at radius 1 is 1.22 bits per heavy atom. The zero-order chi connectivity index (χ0) is 19.0. The van der Waals surface area contributed by atoms with Crippen LogP contribution in [0.1, 0.15) is 51.8 Å². The summed E-state index contributed by atoms with van der Waals surface area (Å²) in [5.41, 5.74) is 0.0745. The van der Waals surface area contributed by atoms with Crippen molar-refractivity contribution in [3.63, 3.8) is 0 Å². The van der Waals surface area contributed by atoms with Crippen LogP contribution in [0.4, 0.5) is 0 Å². The average Bonchev–Trinajstić information content (AvgIpc) is 3.14. The maximum absolute atomic E-state index is 5.71. The fraction of sp³-hybridized carbons (Fsp3) is 0.750. The van der Waals surface area contributed by atoms with E-state index in [4.69, 9.17) is 9.15 Å². The van der Waals surface area contributed by atoms with Crippen molar-refractivity contribution in [2.75, 3.05) is 40.3 Å². The van der Waals surface area contributed by atoms with Gasteiger partial charge in [0.1, 0.15) is 5.76 Å². The van der Waals surface area contributed by atoms with Gasteiger partial charge in [0.2, 0.25) is 0 Å². The van der Waals surface area contributed by atoms with E-state index in [0.29, 0.717) is 0 Å². The molecule has 0 saturated carbocycles. The lowest BCUT2D eigenvalue weighted by molar-refractivity contribution is 0.0205. The standard InChI is InChI=1S/C20H36N4O2.HI/c1-20(2,3)18(25-5)15-23-19(21-4)22-14-16(17-10-9-13-26-17)24-11-7-6-8-12-24;/h9-10,13,16,18H,6-8,11-12,14-15H2,1-5H3,(H2,21,22,23);1H. The highest BCUT2D eigenvalue weighted by atomic mass is 127. The summed E-state index contributed by atoms with van der Waals surface area (Å²) in [6, 6.07) is 4.26. The first-order valence-corrected chi connectivity index (χ1v) is 9.70. The zero-order valence-corrected chi connectivity index (χ0v) is 19.8. The fourth-order valence-corrected chi connectivity index (χ4v) is 3.47. The van der Waals surface area contributed by atoms with E-state index >= 15 is 0 Å². The normalized spacial score (nSPS) is 18.5. The molecule has 0 bridgehead atoms. The van der Waals surface area contributed by atoms with Crippen LogP contribution in [-0.4, -0.2) is 57.3 Å². The molecule has 0 radical (unpaired) electrons. The number of furan rings is 1. The number of likely N-dealkylation sites (tertiary alicyclic amines) is 1. The van der Waals surface area contributed by atoms with Crippen molar-refractivity contribution < 1.29 is 9.15 Å². The van der Waals surface area contributed by atoms with Crippen molar-refractivity contribution in [2.45, 2.75) is 52.2 Å². The molecule has 1 aromatic rings. The summed E-state index contributed by atoms with van der Waals surface area (Å²) in [7, 11) is 3.56. The minimum Gasteiger partial charge on any atom is -0.468 e. The molecule has 27 heavy (non-hydrogen) atoms. The lowest BCUT2D eigenvalue weighted by Crippen LogP contribution is -2.48. The van der Waals surface area contributed by atoms with Crippen molar-refractivity contribution in [1.29, 1.82) is 0 Å². The van der Waals surface area contributed by atoms with Crippen LogP contribution >= 0.6 is 24.0 Å². The molecule has 0 spiro atoms. The molecule has 0 aliphatic carbocycles. The Labute approximate surface area is 181 Å². The predicted octanol–water partition coefficient (Wildman–Crippen LogP) is 3.65. The van der Waals surface area contributed by atoms with E-state index in [0.717, 1.165) is 37.9 Å². The summed E-state index contributed by atoms with van der Waals surface area (Å²) in [5, 5.41) is 6.86. The van der Waals surface area contributed by atoms with E-state index in [1.54, 1.807) is 20.4 Å². The molecular formula is C20H37IN4O2. The second-order valence-corrected chi connectivity index (χ2v) is 8.05. The Bertz CT molecular complexity index is 537. The number of halogens is 1. The first-order valence-electron chi connectivity index (χ1n) is 9.70. The van der Waals surface area contributed by atoms with Crippen LogP contribution in [0.15, 0.2) is 27.8 Å². The summed E-state index contributed by atoms with van der Waals surface area (Å²) < 4.78 is 11.3. The molecule has 6 nitrogen and oxygen atoms in total. The molecule has 7 heteroatoms. The molecule has 1 fully saturated rings. The molecule has 2 atom stereocenters. The molecule has 2 N–H and O–H groups in total. The van der Waals surface area contributed by atoms with Gasteiger partial charge in [-0.3, -0.25) is 9.89 Å². The summed E-state index contributed by atoms with van der Waals surface area (Å²) in [6.07, 6.45) is 5.70. The maximum atomic E-state index is 5.71. The summed E-state index contributed by atoms with van der Waals surface area (Å²) in [6.45, 7) is 10.3. The van der Waals surface area contributed by atoms with Crippen LogP contribution in [0.25, 0.3) is 0 Å². The van der Waals surface area contributed by atoms with E-state index in [2.05, 4.69) is 47.4 Å². The number of piperidine rings is 1. The van der Waals surface area contributed by atoms with Crippen molar-refractivity contribution in [1.82, 2.24) is 15.5 Å². The molecule has 0 aromatic carbocycles. The maximum Gasteiger partial charge on any atom is 0.191 e. The highest BCUT2D eigenvalue weighted by Crippen LogP contribution is 2.24. The minimum atomic E-state index is 0. The Hall–Kier alpha value is -0.800. The van der Waals surface area contributed by atoms with Gasteiger partial charge in [-0.15, -0.1) is 24.0 Å². The van der Waals surface area contributed by atoms with Gasteiger partial charge in [-0.2, -0.15) is 0 Å². The molecule has 0 amide bonds. The van der Waals surface area contributed by atoms with Gasteiger partial charge < -0.3 is 19.8 Å². The van der Waals surface area contributed by atoms with Crippen LogP contribution in [0.5, 0.6) is 0 Å². The van der Waals surface area contributed by atoms with Gasteiger partial charge in [-0.05, 0) is 43.5 Å². The molecule has 156 valence electrons. The topological polar surface area (TPSA) is 62.0 Å². The third-order valence-corrected chi connectivity index (χ3v) is 5.09. The van der Waals surface area contributed by atoms with Gasteiger partial charge in [0, 0.05) is 27.2 Å². The summed E-state index contributed by atoms with van der Waals surface area (Å²) in [5.74, 6) is 1.81. The Kier molecular flexibility index (Phi) is 10.7. The number of nitrogens with zero attached hydrogens (tertiary/aromatic N) is 2. The third-order valence-electron chi connectivity index (χ3n) is 5.09. The molecule has 2 rings (SSSR count). The largest absolute Gasteiger partial charge is 0.468 e. The second kappa shape index (κ2) is 11.9. The average molecular weight is 492 g/mol. The number of nitrogens with one attached hydrogen (secondary N) is 2. The molecule has 1 saturated heterocycles. The van der Waals surface area contributed by atoms with Crippen LogP contribution in [0.3, 0.4) is 0 Å². The van der Waals surface area contributed by atoms with Gasteiger partial charge in [0.25, 0.3) is 0 Å². The molecule has 1 aliphatic heterocycles. The third kappa shape index (κ3) is 7.62. The van der Waals surface area contributed by atoms with Crippen LogP contribution in [0, 0.1) is 5.41 Å². The van der Waals surface area contributed by atoms with Crippen molar-refractivity contribution in [3.05, 3.63) is 24.2 Å². The van der Waals surface area contributed by atoms with E-state index < -0.39 is 0 Å². The number of ether oxygens (including phenoxy) is 1. The van der Waals surface area contributed by atoms with Crippen LogP contribution < -0.4 is 10.6 Å². The second-order valence-electron chi connectivity index (χ2n) is 8.05. The van der Waals surface area contributed by atoms with Crippen LogP contribution in [-0.2, 0) is 4.74 Å². The highest BCUT2D eigenvalue weighted by Gasteiger charge is 2.26. The molecule has 1 aromatic heterocycles. The number of rotatable bonds is 7. The Morgan fingerprint density at radius 3 is 2.41 bits per heavy atom. The number of hydrogen-bond acceptors (Lipinski definition) is 4. The van der Waals surface area contributed by atoms with E-state index in [9.17, 15) is 0 Å². The van der Waals surface area contributed by atoms with Gasteiger partial charge in [-0.1, -0.05) is 27.2 Å². The van der Waals surface area contributed by atoms with Crippen molar-refractivity contribution in [2.24, 2.45) is 10.4 Å². The van der Waals surface area contributed by atoms with Gasteiger partial charge in [-0.25, -0.2) is 0 Å². The van der Waals surface area contributed by atoms with Crippen LogP contribution in [0.2, 0.25) is 0 Å². The molecular weight excluding hydrogens is 455 g/mol. The Morgan fingerprint density at radius 2 is 1.89 bits per heavy atom. The van der Waals surface area contributed by atoms with Gasteiger partial charge in [0.05, 0.1) is 18.4 Å². The zero-order valence-electron chi connectivity index (χ0n) is 17.5.